The molecule has 1 unspecified atom stereocenters. The zero-order valence-corrected chi connectivity index (χ0v) is 8.73. The Hall–Kier alpha value is 0.690. The van der Waals surface area contributed by atoms with Crippen molar-refractivity contribution in [1.29, 1.82) is 0 Å². The molecule has 0 bridgehead atoms. The Kier molecular flexibility index (Phi) is 2.98. The third kappa shape index (κ3) is 2.38. The minimum Gasteiger partial charge on any atom is -0.317 e. The molecule has 1 aliphatic rings. The maximum Gasteiger partial charge on any atom is 0.0680 e. The van der Waals surface area contributed by atoms with E-state index < -0.39 is 0 Å². The molecule has 60 valence electrons. The molecule has 0 saturated heterocycles. The summed E-state index contributed by atoms with van der Waals surface area (Å²) in [5, 5.41) is 0. The van der Waals surface area contributed by atoms with Gasteiger partial charge >= 0.3 is 0 Å². The smallest absolute Gasteiger partial charge is 0.0680 e. The van der Waals surface area contributed by atoms with Crippen LogP contribution in [0.2, 0.25) is 0 Å². The van der Waals surface area contributed by atoms with Crippen LogP contribution in [0.25, 0.3) is 0 Å². The van der Waals surface area contributed by atoms with Gasteiger partial charge in [0.15, 0.2) is 0 Å². The van der Waals surface area contributed by atoms with Crippen molar-refractivity contribution >= 4 is 22.6 Å². The van der Waals surface area contributed by atoms with E-state index in [1.807, 2.05) is 0 Å². The van der Waals surface area contributed by atoms with Crippen LogP contribution in [0.3, 0.4) is 0 Å². The van der Waals surface area contributed by atoms with Crippen molar-refractivity contribution in [3.8, 4) is 0 Å². The molecule has 0 aliphatic heterocycles. The highest BCUT2D eigenvalue weighted by atomic mass is 127. The van der Waals surface area contributed by atoms with Crippen molar-refractivity contribution in [3.63, 3.8) is 0 Å². The van der Waals surface area contributed by atoms with Gasteiger partial charge in [-0.2, -0.15) is 0 Å². The van der Waals surface area contributed by atoms with E-state index in [0.29, 0.717) is 0 Å². The van der Waals surface area contributed by atoms with Gasteiger partial charge in [-0.3, -0.25) is 0 Å². The Bertz CT molecular complexity index is 100. The van der Waals surface area contributed by atoms with Crippen molar-refractivity contribution < 1.29 is 0 Å². The third-order valence-electron chi connectivity index (χ3n) is 2.40. The maximum absolute atomic E-state index is 6.00. The highest BCUT2D eigenvalue weighted by molar-refractivity contribution is 14.1. The van der Waals surface area contributed by atoms with E-state index in [4.69, 9.17) is 5.73 Å². The molecule has 1 aliphatic carbocycles. The highest BCUT2D eigenvalue weighted by Gasteiger charge is 2.27. The van der Waals surface area contributed by atoms with Crippen LogP contribution in [0.15, 0.2) is 0 Å². The highest BCUT2D eigenvalue weighted by Crippen LogP contribution is 2.34. The van der Waals surface area contributed by atoms with Crippen LogP contribution in [-0.2, 0) is 0 Å². The lowest BCUT2D eigenvalue weighted by atomic mass is 9.85. The van der Waals surface area contributed by atoms with Gasteiger partial charge in [-0.05, 0) is 25.7 Å². The number of hydrogen-bond donors (Lipinski definition) is 1. The van der Waals surface area contributed by atoms with E-state index in [1.54, 1.807) is 0 Å². The van der Waals surface area contributed by atoms with Gasteiger partial charge in [-0.1, -0.05) is 41.9 Å². The Morgan fingerprint density at radius 3 is 2.10 bits per heavy atom. The first-order chi connectivity index (χ1) is 4.61. The van der Waals surface area contributed by atoms with Gasteiger partial charge in [-0.25, -0.2) is 0 Å². The van der Waals surface area contributed by atoms with Gasteiger partial charge in [0, 0.05) is 0 Å². The molecule has 1 atom stereocenters. The second kappa shape index (κ2) is 3.39. The first-order valence-corrected chi connectivity index (χ1v) is 5.16. The van der Waals surface area contributed by atoms with Crippen molar-refractivity contribution in [2.45, 2.75) is 42.6 Å². The van der Waals surface area contributed by atoms with Crippen LogP contribution in [0.4, 0.5) is 0 Å². The summed E-state index contributed by atoms with van der Waals surface area (Å²) in [4.78, 5) is 0. The van der Waals surface area contributed by atoms with Crippen molar-refractivity contribution in [1.82, 2.24) is 0 Å². The Morgan fingerprint density at radius 1 is 1.30 bits per heavy atom. The molecule has 0 aromatic carbocycles. The van der Waals surface area contributed by atoms with E-state index in [9.17, 15) is 0 Å². The van der Waals surface area contributed by atoms with E-state index in [2.05, 4.69) is 29.5 Å². The monoisotopic (exact) mass is 253 g/mol. The van der Waals surface area contributed by atoms with Crippen LogP contribution >= 0.6 is 22.6 Å². The van der Waals surface area contributed by atoms with E-state index in [-0.39, 0.29) is 3.55 Å². The minimum atomic E-state index is 0.0399. The summed E-state index contributed by atoms with van der Waals surface area (Å²) in [7, 11) is 0. The second-order valence-electron chi connectivity index (χ2n) is 3.49. The lowest BCUT2D eigenvalue weighted by molar-refractivity contribution is 0.306. The molecule has 2 N–H and O–H groups in total. The number of alkyl halides is 1. The zero-order valence-electron chi connectivity index (χ0n) is 6.57. The van der Waals surface area contributed by atoms with E-state index in [1.165, 1.54) is 32.1 Å². The Labute approximate surface area is 76.9 Å². The fraction of sp³-hybridized carbons (Fsp3) is 1.00. The molecular weight excluding hydrogens is 237 g/mol. The SMILES string of the molecule is CC(N)(I)C1CCCCC1. The molecule has 1 rings (SSSR count). The molecule has 0 heterocycles. The summed E-state index contributed by atoms with van der Waals surface area (Å²) in [5.41, 5.74) is 6.00. The van der Waals surface area contributed by atoms with Gasteiger partial charge in [0.2, 0.25) is 0 Å². The Morgan fingerprint density at radius 2 is 1.80 bits per heavy atom. The predicted octanol–water partition coefficient (Wildman–Crippen LogP) is 2.68. The molecular formula is C8H16IN. The molecule has 0 amide bonds. The first kappa shape index (κ1) is 8.78. The molecule has 1 nitrogen and oxygen atoms in total. The predicted molar refractivity (Wildman–Crippen MR) is 53.2 cm³/mol. The molecule has 2 heteroatoms. The van der Waals surface area contributed by atoms with Gasteiger partial charge in [-0.15, -0.1) is 0 Å². The molecule has 1 fully saturated rings. The van der Waals surface area contributed by atoms with Gasteiger partial charge in [0.1, 0.15) is 0 Å². The van der Waals surface area contributed by atoms with Gasteiger partial charge in [0.25, 0.3) is 0 Å². The van der Waals surface area contributed by atoms with E-state index in [0.717, 1.165) is 5.92 Å². The molecule has 0 radical (unpaired) electrons. The molecule has 10 heavy (non-hydrogen) atoms. The van der Waals surface area contributed by atoms with Crippen LogP contribution in [0.5, 0.6) is 0 Å². The van der Waals surface area contributed by atoms with Crippen molar-refractivity contribution in [3.05, 3.63) is 0 Å². The summed E-state index contributed by atoms with van der Waals surface area (Å²) < 4.78 is 0.0399. The average Bonchev–Trinajstić information content (AvgIpc) is 1.88. The van der Waals surface area contributed by atoms with Gasteiger partial charge in [0.05, 0.1) is 3.55 Å². The summed E-state index contributed by atoms with van der Waals surface area (Å²) in [5.74, 6) is 0.766. The molecule has 0 aromatic rings. The normalized spacial score (nSPS) is 27.9. The summed E-state index contributed by atoms with van der Waals surface area (Å²) in [6.45, 7) is 2.14. The van der Waals surface area contributed by atoms with Crippen LogP contribution in [0.1, 0.15) is 39.0 Å². The van der Waals surface area contributed by atoms with E-state index >= 15 is 0 Å². The number of nitrogens with two attached hydrogens (primary N) is 1. The zero-order chi connectivity index (χ0) is 7.61. The first-order valence-electron chi connectivity index (χ1n) is 4.08. The summed E-state index contributed by atoms with van der Waals surface area (Å²) in [6.07, 6.45) is 6.88. The lowest BCUT2D eigenvalue weighted by Crippen LogP contribution is -2.38. The van der Waals surface area contributed by atoms with Crippen LogP contribution in [0, 0.1) is 5.92 Å². The van der Waals surface area contributed by atoms with Crippen molar-refractivity contribution in [2.24, 2.45) is 11.7 Å². The van der Waals surface area contributed by atoms with Gasteiger partial charge < -0.3 is 5.73 Å². The average molecular weight is 253 g/mol. The summed E-state index contributed by atoms with van der Waals surface area (Å²) in [6, 6.07) is 0. The fourth-order valence-electron chi connectivity index (χ4n) is 1.67. The summed E-state index contributed by atoms with van der Waals surface area (Å²) >= 11 is 2.37. The maximum atomic E-state index is 6.00. The molecule has 0 spiro atoms. The topological polar surface area (TPSA) is 26.0 Å². The molecule has 1 saturated carbocycles. The standard InChI is InChI=1S/C8H16IN/c1-8(9,10)7-5-3-2-4-6-7/h7H,2-6,10H2,1H3. The fourth-order valence-corrected chi connectivity index (χ4v) is 2.29. The number of rotatable bonds is 1. The minimum absolute atomic E-state index is 0.0399. The number of halogens is 1. The second-order valence-corrected chi connectivity index (χ2v) is 5.81. The van der Waals surface area contributed by atoms with Crippen LogP contribution < -0.4 is 5.73 Å². The largest absolute Gasteiger partial charge is 0.317 e. The lowest BCUT2D eigenvalue weighted by Gasteiger charge is -2.31. The molecule has 0 aromatic heterocycles. The van der Waals surface area contributed by atoms with Crippen molar-refractivity contribution in [2.75, 3.05) is 0 Å². The van der Waals surface area contributed by atoms with Crippen LogP contribution in [-0.4, -0.2) is 3.55 Å². The number of hydrogen-bond acceptors (Lipinski definition) is 1. The quantitative estimate of drug-likeness (QED) is 0.434. The third-order valence-corrected chi connectivity index (χ3v) is 3.28. The Balaban J connectivity index is 2.39.